The Morgan fingerprint density at radius 1 is 1.29 bits per heavy atom. The molecule has 24 heavy (non-hydrogen) atoms. The number of nitrogens with zero attached hydrogens (tertiary/aromatic N) is 1. The largest absolute Gasteiger partial charge is 0.427 e. The lowest BCUT2D eigenvalue weighted by atomic mass is 9.92. The van der Waals surface area contributed by atoms with Gasteiger partial charge in [-0.25, -0.2) is 4.79 Å². The summed E-state index contributed by atoms with van der Waals surface area (Å²) in [5.41, 5.74) is -0.729. The second-order valence-electron chi connectivity index (χ2n) is 7.49. The predicted octanol–water partition coefficient (Wildman–Crippen LogP) is -0.237. The first-order valence-corrected chi connectivity index (χ1v) is 8.83. The molecule has 8 nitrogen and oxygen atoms in total. The SMILES string of the molecule is CC(C)(C)C(=O)OCOC(=O)[C@@H]1N2C(=O)[C@H](CO)[C@H]2S(=O)C1(C)C. The van der Waals surface area contributed by atoms with Crippen molar-refractivity contribution in [3.8, 4) is 0 Å². The minimum absolute atomic E-state index is 0.410. The Balaban J connectivity index is 2.05. The van der Waals surface area contributed by atoms with E-state index in [2.05, 4.69) is 0 Å². The van der Waals surface area contributed by atoms with Crippen LogP contribution in [0, 0.1) is 11.3 Å². The highest BCUT2D eigenvalue weighted by atomic mass is 32.2. The molecule has 4 atom stereocenters. The molecule has 2 aliphatic heterocycles. The number of fused-ring (bicyclic) bond motifs is 1. The molecule has 2 aliphatic rings. The number of rotatable bonds is 4. The number of β-lactam (4-membered cyclic amide) rings is 1. The Kier molecular flexibility index (Phi) is 4.80. The van der Waals surface area contributed by atoms with Gasteiger partial charge in [-0.15, -0.1) is 0 Å². The Morgan fingerprint density at radius 3 is 2.38 bits per heavy atom. The number of ether oxygens (including phenoxy) is 2. The molecule has 136 valence electrons. The van der Waals surface area contributed by atoms with Crippen LogP contribution in [-0.4, -0.2) is 61.6 Å². The van der Waals surface area contributed by atoms with Crippen molar-refractivity contribution in [2.45, 2.75) is 50.8 Å². The molecule has 0 aliphatic carbocycles. The molecule has 1 amide bonds. The fourth-order valence-corrected chi connectivity index (χ4v) is 4.82. The van der Waals surface area contributed by atoms with Gasteiger partial charge in [0, 0.05) is 0 Å². The summed E-state index contributed by atoms with van der Waals surface area (Å²) in [4.78, 5) is 37.3. The summed E-state index contributed by atoms with van der Waals surface area (Å²) < 4.78 is 21.4. The van der Waals surface area contributed by atoms with E-state index in [1.54, 1.807) is 34.6 Å². The maximum atomic E-state index is 12.5. The van der Waals surface area contributed by atoms with Gasteiger partial charge >= 0.3 is 11.9 Å². The molecule has 0 bridgehead atoms. The number of carbonyl (C=O) groups excluding carboxylic acids is 3. The summed E-state index contributed by atoms with van der Waals surface area (Å²) in [5.74, 6) is -2.47. The van der Waals surface area contributed by atoms with Crippen molar-refractivity contribution in [3.05, 3.63) is 0 Å². The van der Waals surface area contributed by atoms with Crippen molar-refractivity contribution < 1.29 is 33.2 Å². The van der Waals surface area contributed by atoms with E-state index in [0.29, 0.717) is 0 Å². The molecule has 0 saturated carbocycles. The van der Waals surface area contributed by atoms with Crippen LogP contribution in [0.1, 0.15) is 34.6 Å². The summed E-state index contributed by atoms with van der Waals surface area (Å²) in [6.45, 7) is 7.24. The van der Waals surface area contributed by atoms with Crippen LogP contribution in [0.2, 0.25) is 0 Å². The molecule has 1 N–H and O–H groups in total. The second-order valence-corrected chi connectivity index (χ2v) is 9.62. The predicted molar refractivity (Wildman–Crippen MR) is 83.7 cm³/mol. The van der Waals surface area contributed by atoms with Gasteiger partial charge in [-0.2, -0.15) is 0 Å². The van der Waals surface area contributed by atoms with Gasteiger partial charge in [0.2, 0.25) is 12.7 Å². The van der Waals surface area contributed by atoms with Crippen LogP contribution in [0.3, 0.4) is 0 Å². The summed E-state index contributed by atoms with van der Waals surface area (Å²) in [7, 11) is -1.51. The van der Waals surface area contributed by atoms with Gasteiger partial charge in [-0.05, 0) is 34.6 Å². The highest BCUT2D eigenvalue weighted by Gasteiger charge is 2.67. The Morgan fingerprint density at radius 2 is 1.88 bits per heavy atom. The number of esters is 2. The molecular formula is C15H23NO7S. The molecule has 0 spiro atoms. The molecular weight excluding hydrogens is 338 g/mol. The van der Waals surface area contributed by atoms with Crippen molar-refractivity contribution in [2.24, 2.45) is 11.3 Å². The van der Waals surface area contributed by atoms with Crippen LogP contribution in [0.4, 0.5) is 0 Å². The smallest absolute Gasteiger partial charge is 0.333 e. The zero-order valence-electron chi connectivity index (χ0n) is 14.4. The van der Waals surface area contributed by atoms with Crippen LogP contribution >= 0.6 is 0 Å². The number of amides is 1. The van der Waals surface area contributed by atoms with E-state index in [1.807, 2.05) is 0 Å². The third kappa shape index (κ3) is 2.83. The van der Waals surface area contributed by atoms with E-state index in [9.17, 15) is 23.7 Å². The molecule has 0 aromatic carbocycles. The summed E-state index contributed by atoms with van der Waals surface area (Å²) >= 11 is 0. The van der Waals surface area contributed by atoms with Gasteiger partial charge in [-0.1, -0.05) is 0 Å². The van der Waals surface area contributed by atoms with Crippen LogP contribution in [0.15, 0.2) is 0 Å². The van der Waals surface area contributed by atoms with Crippen molar-refractivity contribution >= 4 is 28.6 Å². The molecule has 0 aromatic heterocycles. The van der Waals surface area contributed by atoms with Crippen molar-refractivity contribution in [1.82, 2.24) is 4.90 Å². The Labute approximate surface area is 142 Å². The van der Waals surface area contributed by atoms with E-state index in [-0.39, 0.29) is 0 Å². The maximum absolute atomic E-state index is 12.5. The quantitative estimate of drug-likeness (QED) is 0.418. The highest BCUT2D eigenvalue weighted by Crippen LogP contribution is 2.46. The lowest BCUT2D eigenvalue weighted by Crippen LogP contribution is -2.64. The molecule has 2 saturated heterocycles. The molecule has 2 fully saturated rings. The summed E-state index contributed by atoms with van der Waals surface area (Å²) in [6.07, 6.45) is 0. The number of aliphatic hydroxyl groups excluding tert-OH is 1. The van der Waals surface area contributed by atoms with E-state index in [0.717, 1.165) is 0 Å². The van der Waals surface area contributed by atoms with Crippen molar-refractivity contribution in [3.63, 3.8) is 0 Å². The zero-order valence-corrected chi connectivity index (χ0v) is 15.2. The van der Waals surface area contributed by atoms with E-state index < -0.39 is 69.5 Å². The van der Waals surface area contributed by atoms with Crippen LogP contribution in [0.25, 0.3) is 0 Å². The summed E-state index contributed by atoms with van der Waals surface area (Å²) in [5, 5.41) is 8.55. The van der Waals surface area contributed by atoms with Gasteiger partial charge < -0.3 is 19.5 Å². The molecule has 0 radical (unpaired) electrons. The number of hydrogen-bond donors (Lipinski definition) is 1. The Hall–Kier alpha value is -1.48. The minimum Gasteiger partial charge on any atom is -0.427 e. The highest BCUT2D eigenvalue weighted by molar-refractivity contribution is 7.87. The Bertz CT molecular complexity index is 595. The molecule has 9 heteroatoms. The van der Waals surface area contributed by atoms with Crippen LogP contribution < -0.4 is 0 Å². The lowest BCUT2D eigenvalue weighted by Gasteiger charge is -2.42. The van der Waals surface area contributed by atoms with E-state index >= 15 is 0 Å². The molecule has 2 heterocycles. The first-order valence-electron chi connectivity index (χ1n) is 7.62. The van der Waals surface area contributed by atoms with E-state index in [1.165, 1.54) is 4.90 Å². The van der Waals surface area contributed by atoms with Gasteiger partial charge in [0.05, 0.1) is 33.5 Å². The molecule has 2 rings (SSSR count). The lowest BCUT2D eigenvalue weighted by molar-refractivity contribution is -0.181. The zero-order chi connectivity index (χ0) is 18.4. The van der Waals surface area contributed by atoms with Crippen LogP contribution in [-0.2, 0) is 34.7 Å². The molecule has 1 unspecified atom stereocenters. The van der Waals surface area contributed by atoms with Gasteiger partial charge in [0.15, 0.2) is 0 Å². The van der Waals surface area contributed by atoms with Gasteiger partial charge in [0.1, 0.15) is 11.4 Å². The summed E-state index contributed by atoms with van der Waals surface area (Å²) in [6, 6.07) is -1.04. The minimum atomic E-state index is -1.51. The monoisotopic (exact) mass is 361 g/mol. The average molecular weight is 361 g/mol. The third-order valence-electron chi connectivity index (χ3n) is 4.29. The van der Waals surface area contributed by atoms with Crippen LogP contribution in [0.5, 0.6) is 0 Å². The topological polar surface area (TPSA) is 110 Å². The number of aliphatic hydroxyl groups is 1. The normalized spacial score (nSPS) is 31.2. The fraction of sp³-hybridized carbons (Fsp3) is 0.800. The van der Waals surface area contributed by atoms with Gasteiger partial charge in [-0.3, -0.25) is 13.8 Å². The first kappa shape index (κ1) is 18.9. The molecule has 0 aromatic rings. The van der Waals surface area contributed by atoms with Crippen molar-refractivity contribution in [2.75, 3.05) is 13.4 Å². The number of carbonyl (C=O) groups is 3. The van der Waals surface area contributed by atoms with E-state index in [4.69, 9.17) is 9.47 Å². The fourth-order valence-electron chi connectivity index (χ4n) is 2.84. The standard InChI is InChI=1S/C15H23NO7S/c1-14(2,3)13(20)23-7-22-12(19)9-15(4,5)24(21)11-8(6-17)10(18)16(9)11/h8-9,11,17H,6-7H2,1-5H3/t8-,9-,11+,24?/m0/s1. The average Bonchev–Trinajstić information content (AvgIpc) is 2.64. The first-order chi connectivity index (χ1) is 10.9. The number of hydrogen-bond acceptors (Lipinski definition) is 7. The van der Waals surface area contributed by atoms with Crippen molar-refractivity contribution in [1.29, 1.82) is 0 Å². The second kappa shape index (κ2) is 6.11. The maximum Gasteiger partial charge on any atom is 0.333 e. The van der Waals surface area contributed by atoms with Gasteiger partial charge in [0.25, 0.3) is 0 Å². The third-order valence-corrected chi connectivity index (χ3v) is 6.54.